The van der Waals surface area contributed by atoms with Gasteiger partial charge in [0.25, 0.3) is 0 Å². The summed E-state index contributed by atoms with van der Waals surface area (Å²) < 4.78 is 26.7. The number of nitrogens with two attached hydrogens (primary N) is 2. The number of aryl methyl sites for hydroxylation is 1. The molecule has 5 rings (SSSR count). The van der Waals surface area contributed by atoms with Crippen molar-refractivity contribution in [3.05, 3.63) is 104 Å². The molecule has 0 aromatic heterocycles. The van der Waals surface area contributed by atoms with Gasteiger partial charge >= 0.3 is 6.09 Å². The zero-order valence-electron chi connectivity index (χ0n) is 32.5. The second-order valence-corrected chi connectivity index (χ2v) is 19.2. The lowest BCUT2D eigenvalue weighted by Crippen LogP contribution is -2.44. The van der Waals surface area contributed by atoms with Gasteiger partial charge in [-0.3, -0.25) is 4.79 Å². The summed E-state index contributed by atoms with van der Waals surface area (Å²) in [5, 5.41) is 12.3. The van der Waals surface area contributed by atoms with E-state index < -0.39 is 11.7 Å². The van der Waals surface area contributed by atoms with Crippen LogP contribution in [0.15, 0.2) is 72.8 Å². The molecule has 57 heavy (non-hydrogen) atoms. The number of ether oxygens (including phenoxy) is 4. The Morgan fingerprint density at radius 3 is 1.77 bits per heavy atom. The van der Waals surface area contributed by atoms with Crippen molar-refractivity contribution in [2.45, 2.75) is 71.1 Å². The topological polar surface area (TPSA) is 159 Å². The lowest BCUT2D eigenvalue weighted by atomic mass is 10.0. The Kier molecular flexibility index (Phi) is 19.2. The number of phenolic OH excluding ortho intramolecular Hbond substituents is 1. The zero-order chi connectivity index (χ0) is 41.7. The van der Waals surface area contributed by atoms with Crippen LogP contribution in [0.2, 0.25) is 0 Å². The summed E-state index contributed by atoms with van der Waals surface area (Å²) in [4.78, 5) is 26.2. The lowest BCUT2D eigenvalue weighted by molar-refractivity contribution is -0.135. The highest BCUT2D eigenvalue weighted by atomic mass is 127. The highest BCUT2D eigenvalue weighted by Crippen LogP contribution is 2.35. The third-order valence-corrected chi connectivity index (χ3v) is 11.7. The number of benzene rings is 4. The standard InChI is InChI=1S/C21H24I2N2O4.C21H26I2N2O3/c22-18-12-14(11-15(24)1-6-20(27)25-7-9-28-10-8-25)13-19(23)21(18)29-17-4-2-16(26)3-5-17;1-13-5-7-16(8-6-13)27-19-17(22)10-14(11-18(19)23)9-15(12-24)25-20(26)28-21(2,3)4/h2-5,12-13,15,26H,1,6-11,24H2;5-8,10-11,15H,9,12,24H2,1-4H3,(H,25,26)/t2*15-/m10/s1. The third-order valence-electron chi connectivity index (χ3n) is 8.49. The first-order chi connectivity index (χ1) is 27.0. The molecule has 1 aliphatic rings. The van der Waals surface area contributed by atoms with E-state index >= 15 is 0 Å². The molecule has 4 aromatic carbocycles. The number of hydrogen-bond acceptors (Lipinski definition) is 9. The van der Waals surface area contributed by atoms with Gasteiger partial charge in [-0.25, -0.2) is 4.79 Å². The van der Waals surface area contributed by atoms with E-state index in [-0.39, 0.29) is 23.7 Å². The molecule has 0 spiro atoms. The molecular weight excluding hydrogens is 1180 g/mol. The first-order valence-corrected chi connectivity index (χ1v) is 22.8. The number of aromatic hydroxyl groups is 1. The minimum atomic E-state index is -0.539. The van der Waals surface area contributed by atoms with Gasteiger partial charge in [0.2, 0.25) is 5.91 Å². The Bertz CT molecular complexity index is 1890. The summed E-state index contributed by atoms with van der Waals surface area (Å²) in [5.41, 5.74) is 15.0. The van der Waals surface area contributed by atoms with Gasteiger partial charge in [0.05, 0.1) is 27.5 Å². The number of amides is 2. The molecule has 0 bridgehead atoms. The largest absolute Gasteiger partial charge is 0.508 e. The Labute approximate surface area is 390 Å². The molecule has 308 valence electrons. The van der Waals surface area contributed by atoms with E-state index in [4.69, 9.17) is 30.4 Å². The van der Waals surface area contributed by atoms with Crippen molar-refractivity contribution in [3.63, 3.8) is 0 Å². The third kappa shape index (κ3) is 16.4. The maximum atomic E-state index is 12.3. The highest BCUT2D eigenvalue weighted by molar-refractivity contribution is 14.1. The van der Waals surface area contributed by atoms with Gasteiger partial charge in [0, 0.05) is 38.1 Å². The number of morpholine rings is 1. The van der Waals surface area contributed by atoms with Crippen LogP contribution < -0.4 is 26.3 Å². The summed E-state index contributed by atoms with van der Waals surface area (Å²) in [6.45, 7) is 10.5. The minimum absolute atomic E-state index is 0.0737. The monoisotopic (exact) mass is 1230 g/mol. The fourth-order valence-electron chi connectivity index (χ4n) is 5.65. The van der Waals surface area contributed by atoms with E-state index in [1.165, 1.54) is 5.56 Å². The van der Waals surface area contributed by atoms with E-state index in [1.807, 2.05) is 56.9 Å². The van der Waals surface area contributed by atoms with Crippen LogP contribution >= 0.6 is 90.4 Å². The molecule has 15 heteroatoms. The number of nitrogens with one attached hydrogen (secondary N) is 1. The molecule has 1 aliphatic heterocycles. The summed E-state index contributed by atoms with van der Waals surface area (Å²) in [6, 6.07) is 22.6. The molecule has 4 aromatic rings. The van der Waals surface area contributed by atoms with Gasteiger partial charge in [0.15, 0.2) is 11.5 Å². The van der Waals surface area contributed by atoms with Crippen LogP contribution in [0.4, 0.5) is 4.79 Å². The van der Waals surface area contributed by atoms with Crippen LogP contribution in [0.5, 0.6) is 28.7 Å². The second-order valence-electron chi connectivity index (χ2n) is 14.6. The van der Waals surface area contributed by atoms with Gasteiger partial charge in [-0.2, -0.15) is 0 Å². The molecule has 1 saturated heterocycles. The van der Waals surface area contributed by atoms with Crippen molar-refractivity contribution in [2.75, 3.05) is 32.8 Å². The molecular formula is C42H50I4N4O7. The number of hydrogen-bond donors (Lipinski definition) is 4. The summed E-state index contributed by atoms with van der Waals surface area (Å²) >= 11 is 9.07. The molecule has 1 fully saturated rings. The Balaban J connectivity index is 0.000000253. The molecule has 0 aliphatic carbocycles. The lowest BCUT2D eigenvalue weighted by Gasteiger charge is -2.27. The van der Waals surface area contributed by atoms with Crippen LogP contribution in [0.1, 0.15) is 50.3 Å². The van der Waals surface area contributed by atoms with Gasteiger partial charge in [-0.05, 0) is 209 Å². The Hall–Kier alpha value is -2.18. The van der Waals surface area contributed by atoms with Crippen LogP contribution in [0, 0.1) is 21.2 Å². The predicted molar refractivity (Wildman–Crippen MR) is 257 cm³/mol. The van der Waals surface area contributed by atoms with Crippen molar-refractivity contribution >= 4 is 102 Å². The molecule has 6 N–H and O–H groups in total. The average Bonchev–Trinajstić information content (AvgIpc) is 3.14. The Morgan fingerprint density at radius 1 is 0.825 bits per heavy atom. The van der Waals surface area contributed by atoms with Crippen molar-refractivity contribution in [1.29, 1.82) is 0 Å². The van der Waals surface area contributed by atoms with E-state index in [2.05, 4.69) is 120 Å². The maximum absolute atomic E-state index is 12.3. The summed E-state index contributed by atoms with van der Waals surface area (Å²) in [7, 11) is 0. The highest BCUT2D eigenvalue weighted by Gasteiger charge is 2.21. The van der Waals surface area contributed by atoms with Crippen molar-refractivity contribution < 1.29 is 33.6 Å². The summed E-state index contributed by atoms with van der Waals surface area (Å²) in [6.07, 6.45) is 2.01. The summed E-state index contributed by atoms with van der Waals surface area (Å²) in [5.74, 6) is 3.46. The number of rotatable bonds is 13. The average molecular weight is 1230 g/mol. The van der Waals surface area contributed by atoms with Crippen LogP contribution in [0.25, 0.3) is 0 Å². The number of halogens is 4. The van der Waals surface area contributed by atoms with Crippen molar-refractivity contribution in [1.82, 2.24) is 10.2 Å². The van der Waals surface area contributed by atoms with E-state index in [0.717, 1.165) is 42.7 Å². The van der Waals surface area contributed by atoms with Gasteiger partial charge in [0.1, 0.15) is 22.8 Å². The fraction of sp³-hybridized carbons (Fsp3) is 0.381. The molecule has 11 nitrogen and oxygen atoms in total. The molecule has 0 radical (unpaired) electrons. The molecule has 0 saturated carbocycles. The number of alkyl carbamates (subject to hydrolysis) is 1. The quantitative estimate of drug-likeness (QED) is 0.0958. The SMILES string of the molecule is Cc1ccc(Oc2c(I)cc(C[C@@H](CN)NC(=O)OC(C)(C)C)cc2I)cc1.N[C@H](CCC(=O)N1CCOCC1)Cc1cc(I)c(Oc2ccc(O)cc2)c(I)c1. The minimum Gasteiger partial charge on any atom is -0.508 e. The maximum Gasteiger partial charge on any atom is 0.407 e. The molecule has 0 unspecified atom stereocenters. The fourth-order valence-corrected chi connectivity index (χ4v) is 9.88. The molecule has 2 amide bonds. The molecule has 2 atom stereocenters. The van der Waals surface area contributed by atoms with Crippen LogP contribution in [-0.4, -0.2) is 72.5 Å². The second kappa shape index (κ2) is 23.0. The predicted octanol–water partition coefficient (Wildman–Crippen LogP) is 9.29. The van der Waals surface area contributed by atoms with E-state index in [0.29, 0.717) is 64.3 Å². The van der Waals surface area contributed by atoms with Crippen molar-refractivity contribution in [2.24, 2.45) is 11.5 Å². The van der Waals surface area contributed by atoms with Gasteiger partial charge < -0.3 is 45.7 Å². The Morgan fingerprint density at radius 2 is 1.30 bits per heavy atom. The first kappa shape index (κ1) is 47.5. The number of nitrogens with zero attached hydrogens (tertiary/aromatic N) is 1. The number of carbonyl (C=O) groups is 2. The van der Waals surface area contributed by atoms with Gasteiger partial charge in [-0.1, -0.05) is 17.7 Å². The smallest absolute Gasteiger partial charge is 0.407 e. The normalized spacial score (nSPS) is 13.8. The van der Waals surface area contributed by atoms with Gasteiger partial charge in [-0.15, -0.1) is 0 Å². The van der Waals surface area contributed by atoms with E-state index in [9.17, 15) is 14.7 Å². The molecule has 1 heterocycles. The first-order valence-electron chi connectivity index (χ1n) is 18.5. The zero-order valence-corrected chi connectivity index (χ0v) is 41.1. The number of carbonyl (C=O) groups excluding carboxylic acids is 2. The van der Waals surface area contributed by atoms with Crippen LogP contribution in [0.3, 0.4) is 0 Å². The van der Waals surface area contributed by atoms with E-state index in [1.54, 1.807) is 24.3 Å². The number of phenols is 1. The van der Waals surface area contributed by atoms with Crippen LogP contribution in [-0.2, 0) is 27.1 Å². The van der Waals surface area contributed by atoms with Crippen molar-refractivity contribution in [3.8, 4) is 28.7 Å².